The molecule has 0 saturated heterocycles. The molecule has 2 aromatic carbocycles. The average Bonchev–Trinajstić information content (AvgIpc) is 3.45. The smallest absolute Gasteiger partial charge is 0.233 e. The summed E-state index contributed by atoms with van der Waals surface area (Å²) in [6.45, 7) is 2.52. The monoisotopic (exact) mass is 371 g/mol. The second kappa shape index (κ2) is 7.94. The minimum atomic E-state index is -0.860. The molecule has 3 rings (SSSR count). The van der Waals surface area contributed by atoms with Gasteiger partial charge in [0.2, 0.25) is 5.91 Å². The van der Waals surface area contributed by atoms with Gasteiger partial charge in [-0.2, -0.15) is 0 Å². The van der Waals surface area contributed by atoms with Crippen LogP contribution in [0.5, 0.6) is 5.75 Å². The van der Waals surface area contributed by atoms with Gasteiger partial charge in [0.1, 0.15) is 5.75 Å². The number of halogens is 1. The first-order valence-electron chi connectivity index (χ1n) is 8.70. The zero-order chi connectivity index (χ0) is 18.6. The first-order chi connectivity index (χ1) is 12.5. The molecule has 0 heterocycles. The highest BCUT2D eigenvalue weighted by Gasteiger charge is 2.54. The quantitative estimate of drug-likeness (QED) is 0.751. The number of rotatable bonds is 7. The summed E-state index contributed by atoms with van der Waals surface area (Å²) in [5.41, 5.74) is 0.735. The topological polar surface area (TPSA) is 58.6 Å². The molecule has 26 heavy (non-hydrogen) atoms. The zero-order valence-corrected chi connectivity index (χ0v) is 15.4. The van der Waals surface area contributed by atoms with Crippen LogP contribution in [0.4, 0.5) is 5.69 Å². The zero-order valence-electron chi connectivity index (χ0n) is 14.6. The number of nitrogens with one attached hydrogen (secondary N) is 1. The molecule has 136 valence electrons. The molecule has 1 unspecified atom stereocenters. The second-order valence-electron chi connectivity index (χ2n) is 6.39. The third kappa shape index (κ3) is 4.09. The van der Waals surface area contributed by atoms with Gasteiger partial charge in [-0.25, -0.2) is 0 Å². The van der Waals surface area contributed by atoms with E-state index in [4.69, 9.17) is 16.3 Å². The van der Waals surface area contributed by atoms with Crippen molar-refractivity contribution in [1.29, 1.82) is 0 Å². The average molecular weight is 372 g/mol. The van der Waals surface area contributed by atoms with Crippen LogP contribution in [0.3, 0.4) is 0 Å². The van der Waals surface area contributed by atoms with E-state index in [0.29, 0.717) is 30.2 Å². The predicted molar refractivity (Wildman–Crippen MR) is 104 cm³/mol. The minimum Gasteiger partial charge on any atom is -0.494 e. The Morgan fingerprint density at radius 3 is 2.58 bits per heavy atom. The third-order valence-corrected chi connectivity index (χ3v) is 4.94. The molecule has 1 aliphatic rings. The second-order valence-corrected chi connectivity index (χ2v) is 6.80. The Morgan fingerprint density at radius 1 is 1.27 bits per heavy atom. The van der Waals surface area contributed by atoms with Crippen molar-refractivity contribution in [3.63, 3.8) is 0 Å². The van der Waals surface area contributed by atoms with Crippen LogP contribution in [-0.4, -0.2) is 23.7 Å². The summed E-state index contributed by atoms with van der Waals surface area (Å²) in [6.07, 6.45) is 3.86. The van der Waals surface area contributed by atoms with Crippen molar-refractivity contribution in [1.82, 2.24) is 0 Å². The molecule has 1 fully saturated rings. The number of amides is 1. The molecular weight excluding hydrogens is 350 g/mol. The molecule has 0 aliphatic heterocycles. The van der Waals surface area contributed by atoms with Crippen molar-refractivity contribution < 1.29 is 14.6 Å². The Morgan fingerprint density at radius 2 is 1.96 bits per heavy atom. The molecule has 1 amide bonds. The van der Waals surface area contributed by atoms with E-state index in [1.165, 1.54) is 0 Å². The molecule has 2 aromatic rings. The molecule has 0 aromatic heterocycles. The van der Waals surface area contributed by atoms with E-state index in [0.717, 1.165) is 11.3 Å². The summed E-state index contributed by atoms with van der Waals surface area (Å²) >= 11 is 6.12. The van der Waals surface area contributed by atoms with Gasteiger partial charge in [0.15, 0.2) is 0 Å². The lowest BCUT2D eigenvalue weighted by molar-refractivity contribution is -0.124. The van der Waals surface area contributed by atoms with Crippen LogP contribution in [0.1, 0.15) is 25.3 Å². The van der Waals surface area contributed by atoms with Crippen molar-refractivity contribution >= 4 is 29.3 Å². The summed E-state index contributed by atoms with van der Waals surface area (Å²) < 4.78 is 5.39. The standard InChI is InChI=1S/C21H22ClNO3/c1-2-26-17-10-8-16(9-11-17)23-20(25)21(13-14-21)19(24)12-7-15-5-3-4-6-18(15)22/h3-12,19,24H,2,13-14H2,1H3,(H,23,25)/b12-7+. The van der Waals surface area contributed by atoms with E-state index >= 15 is 0 Å². The molecule has 2 N–H and O–H groups in total. The number of carbonyl (C=O) groups excluding carboxylic acids is 1. The fourth-order valence-corrected chi connectivity index (χ4v) is 3.04. The van der Waals surface area contributed by atoms with Crippen LogP contribution < -0.4 is 10.1 Å². The Hall–Kier alpha value is -2.30. The highest BCUT2D eigenvalue weighted by molar-refractivity contribution is 6.32. The van der Waals surface area contributed by atoms with E-state index < -0.39 is 11.5 Å². The third-order valence-electron chi connectivity index (χ3n) is 4.59. The van der Waals surface area contributed by atoms with Gasteiger partial charge >= 0.3 is 0 Å². The van der Waals surface area contributed by atoms with Gasteiger partial charge in [-0.05, 0) is 55.7 Å². The van der Waals surface area contributed by atoms with Crippen molar-refractivity contribution in [3.05, 3.63) is 65.2 Å². The normalized spacial score (nSPS) is 16.3. The number of hydrogen-bond acceptors (Lipinski definition) is 3. The summed E-state index contributed by atoms with van der Waals surface area (Å²) in [6, 6.07) is 14.6. The Labute approximate surface area is 158 Å². The molecule has 1 aliphatic carbocycles. The van der Waals surface area contributed by atoms with Crippen LogP contribution in [0.15, 0.2) is 54.6 Å². The number of aliphatic hydroxyl groups is 1. The van der Waals surface area contributed by atoms with Gasteiger partial charge in [-0.3, -0.25) is 4.79 Å². The Bertz CT molecular complexity index is 797. The van der Waals surface area contributed by atoms with Gasteiger partial charge in [-0.15, -0.1) is 0 Å². The number of carbonyl (C=O) groups is 1. The highest BCUT2D eigenvalue weighted by Crippen LogP contribution is 2.50. The van der Waals surface area contributed by atoms with Crippen molar-refractivity contribution in [2.75, 3.05) is 11.9 Å². The number of anilines is 1. The Balaban J connectivity index is 1.65. The lowest BCUT2D eigenvalue weighted by atomic mass is 9.96. The van der Waals surface area contributed by atoms with Gasteiger partial charge in [0.25, 0.3) is 0 Å². The molecule has 1 atom stereocenters. The summed E-state index contributed by atoms with van der Waals surface area (Å²) in [5, 5.41) is 14.0. The van der Waals surface area contributed by atoms with Crippen molar-refractivity contribution in [3.8, 4) is 5.75 Å². The fraction of sp³-hybridized carbons (Fsp3) is 0.286. The van der Waals surface area contributed by atoms with Crippen LogP contribution in [0, 0.1) is 5.41 Å². The van der Waals surface area contributed by atoms with Gasteiger partial charge < -0.3 is 15.2 Å². The van der Waals surface area contributed by atoms with E-state index in [1.807, 2.05) is 37.3 Å². The number of benzene rings is 2. The van der Waals surface area contributed by atoms with Crippen molar-refractivity contribution in [2.45, 2.75) is 25.9 Å². The lowest BCUT2D eigenvalue weighted by Gasteiger charge is -2.19. The molecule has 0 radical (unpaired) electrons. The van der Waals surface area contributed by atoms with E-state index in [1.54, 1.807) is 30.4 Å². The van der Waals surface area contributed by atoms with Gasteiger partial charge in [0.05, 0.1) is 18.1 Å². The highest BCUT2D eigenvalue weighted by atomic mass is 35.5. The molecule has 4 nitrogen and oxygen atoms in total. The summed E-state index contributed by atoms with van der Waals surface area (Å²) in [4.78, 5) is 12.7. The maximum Gasteiger partial charge on any atom is 0.233 e. The lowest BCUT2D eigenvalue weighted by Crippen LogP contribution is -2.33. The van der Waals surface area contributed by atoms with Crippen LogP contribution >= 0.6 is 11.6 Å². The van der Waals surface area contributed by atoms with E-state index in [2.05, 4.69) is 5.32 Å². The maximum atomic E-state index is 12.7. The SMILES string of the molecule is CCOc1ccc(NC(=O)C2(C(O)/C=C/c3ccccc3Cl)CC2)cc1. The molecule has 5 heteroatoms. The molecule has 1 saturated carbocycles. The first kappa shape index (κ1) is 18.5. The summed E-state index contributed by atoms with van der Waals surface area (Å²) in [5.74, 6) is 0.590. The fourth-order valence-electron chi connectivity index (χ4n) is 2.84. The van der Waals surface area contributed by atoms with Crippen LogP contribution in [-0.2, 0) is 4.79 Å². The summed E-state index contributed by atoms with van der Waals surface area (Å²) in [7, 11) is 0. The van der Waals surface area contributed by atoms with E-state index in [9.17, 15) is 9.90 Å². The molecule has 0 bridgehead atoms. The Kier molecular flexibility index (Phi) is 5.64. The van der Waals surface area contributed by atoms with Gasteiger partial charge in [-0.1, -0.05) is 42.0 Å². The maximum absolute atomic E-state index is 12.7. The number of aliphatic hydroxyl groups excluding tert-OH is 1. The predicted octanol–water partition coefficient (Wildman–Crippen LogP) is 4.53. The van der Waals surface area contributed by atoms with Gasteiger partial charge in [0, 0.05) is 10.7 Å². The number of hydrogen-bond donors (Lipinski definition) is 2. The number of ether oxygens (including phenoxy) is 1. The van der Waals surface area contributed by atoms with E-state index in [-0.39, 0.29) is 5.91 Å². The van der Waals surface area contributed by atoms with Crippen LogP contribution in [0.25, 0.3) is 6.08 Å². The molecular formula is C21H22ClNO3. The first-order valence-corrected chi connectivity index (χ1v) is 9.08. The van der Waals surface area contributed by atoms with Crippen molar-refractivity contribution in [2.24, 2.45) is 5.41 Å². The largest absolute Gasteiger partial charge is 0.494 e. The van der Waals surface area contributed by atoms with Crippen LogP contribution in [0.2, 0.25) is 5.02 Å². The minimum absolute atomic E-state index is 0.169. The molecule has 0 spiro atoms.